The zero-order valence-corrected chi connectivity index (χ0v) is 11.9. The third-order valence-corrected chi connectivity index (χ3v) is 3.50. The molecule has 0 aliphatic carbocycles. The standard InChI is InChI=1S/C17H18F3N/c1-21-11-12(9-13-5-2-3-7-15(13)18)10-14-6-4-8-16(19)17(14)20/h2-8,12,21H,9-11H2,1H3. The van der Waals surface area contributed by atoms with E-state index >= 15 is 0 Å². The van der Waals surface area contributed by atoms with Crippen LogP contribution in [0.1, 0.15) is 11.1 Å². The highest BCUT2D eigenvalue weighted by Crippen LogP contribution is 2.19. The third kappa shape index (κ3) is 4.08. The van der Waals surface area contributed by atoms with E-state index in [1.807, 2.05) is 0 Å². The zero-order valence-electron chi connectivity index (χ0n) is 11.9. The van der Waals surface area contributed by atoms with Crippen LogP contribution in [-0.2, 0) is 12.8 Å². The summed E-state index contributed by atoms with van der Waals surface area (Å²) in [5.41, 5.74) is 0.918. The van der Waals surface area contributed by atoms with Crippen LogP contribution in [0.15, 0.2) is 42.5 Å². The first-order valence-corrected chi connectivity index (χ1v) is 6.92. The number of hydrogen-bond acceptors (Lipinski definition) is 1. The number of halogens is 3. The zero-order chi connectivity index (χ0) is 15.2. The second-order valence-electron chi connectivity index (χ2n) is 5.14. The maximum atomic E-state index is 13.8. The van der Waals surface area contributed by atoms with E-state index in [1.165, 1.54) is 12.1 Å². The van der Waals surface area contributed by atoms with Gasteiger partial charge in [-0.05, 0) is 55.6 Å². The molecule has 0 heterocycles. The van der Waals surface area contributed by atoms with Gasteiger partial charge in [0.15, 0.2) is 11.6 Å². The number of hydrogen-bond donors (Lipinski definition) is 1. The number of rotatable bonds is 6. The number of benzene rings is 2. The monoisotopic (exact) mass is 293 g/mol. The van der Waals surface area contributed by atoms with Gasteiger partial charge >= 0.3 is 0 Å². The lowest BCUT2D eigenvalue weighted by Crippen LogP contribution is -2.23. The molecule has 0 saturated carbocycles. The normalized spacial score (nSPS) is 12.4. The highest BCUT2D eigenvalue weighted by molar-refractivity contribution is 5.22. The molecule has 1 N–H and O–H groups in total. The van der Waals surface area contributed by atoms with E-state index < -0.39 is 11.6 Å². The van der Waals surface area contributed by atoms with Crippen LogP contribution in [0.5, 0.6) is 0 Å². The smallest absolute Gasteiger partial charge is 0.162 e. The minimum Gasteiger partial charge on any atom is -0.319 e. The topological polar surface area (TPSA) is 12.0 Å². The summed E-state index contributed by atoms with van der Waals surface area (Å²) < 4.78 is 40.7. The fraction of sp³-hybridized carbons (Fsp3) is 0.294. The van der Waals surface area contributed by atoms with Crippen molar-refractivity contribution in [3.63, 3.8) is 0 Å². The molecule has 112 valence electrons. The Morgan fingerprint density at radius 2 is 1.48 bits per heavy atom. The van der Waals surface area contributed by atoms with Crippen LogP contribution >= 0.6 is 0 Å². The molecule has 0 fully saturated rings. The molecule has 2 rings (SSSR count). The summed E-state index contributed by atoms with van der Waals surface area (Å²) in [5.74, 6) is -1.93. The molecule has 4 heteroatoms. The average molecular weight is 293 g/mol. The van der Waals surface area contributed by atoms with Crippen molar-refractivity contribution in [3.05, 3.63) is 71.0 Å². The van der Waals surface area contributed by atoms with Crippen molar-refractivity contribution in [1.82, 2.24) is 5.32 Å². The fourth-order valence-corrected chi connectivity index (χ4v) is 2.50. The van der Waals surface area contributed by atoms with Crippen molar-refractivity contribution in [2.24, 2.45) is 5.92 Å². The van der Waals surface area contributed by atoms with Crippen molar-refractivity contribution in [2.45, 2.75) is 12.8 Å². The van der Waals surface area contributed by atoms with Gasteiger partial charge in [0.25, 0.3) is 0 Å². The summed E-state index contributed by atoms with van der Waals surface area (Å²) in [5, 5.41) is 3.02. The van der Waals surface area contributed by atoms with Crippen molar-refractivity contribution in [2.75, 3.05) is 13.6 Å². The lowest BCUT2D eigenvalue weighted by molar-refractivity contribution is 0.452. The summed E-state index contributed by atoms with van der Waals surface area (Å²) in [6.07, 6.45) is 0.836. The first kappa shape index (κ1) is 15.6. The van der Waals surface area contributed by atoms with Crippen LogP contribution in [0.3, 0.4) is 0 Å². The van der Waals surface area contributed by atoms with Crippen molar-refractivity contribution in [3.8, 4) is 0 Å². The second-order valence-corrected chi connectivity index (χ2v) is 5.14. The number of nitrogens with one attached hydrogen (secondary N) is 1. The SMILES string of the molecule is CNCC(Cc1ccccc1F)Cc1cccc(F)c1F. The molecule has 0 saturated heterocycles. The van der Waals surface area contributed by atoms with Crippen molar-refractivity contribution < 1.29 is 13.2 Å². The van der Waals surface area contributed by atoms with Gasteiger partial charge in [-0.2, -0.15) is 0 Å². The van der Waals surface area contributed by atoms with Gasteiger partial charge in [0.2, 0.25) is 0 Å². The molecule has 21 heavy (non-hydrogen) atoms. The third-order valence-electron chi connectivity index (χ3n) is 3.50. The molecule has 2 aromatic carbocycles. The molecule has 2 aromatic rings. The highest BCUT2D eigenvalue weighted by atomic mass is 19.2. The molecule has 0 aliphatic rings. The Morgan fingerprint density at radius 3 is 2.19 bits per heavy atom. The molecule has 0 aliphatic heterocycles. The molecule has 0 amide bonds. The summed E-state index contributed by atoms with van der Waals surface area (Å²) in [6.45, 7) is 0.601. The molecule has 0 spiro atoms. The minimum atomic E-state index is -0.846. The van der Waals surface area contributed by atoms with Crippen LogP contribution in [0.2, 0.25) is 0 Å². The molecule has 0 aromatic heterocycles. The minimum absolute atomic E-state index is 0.0109. The maximum Gasteiger partial charge on any atom is 0.162 e. The lowest BCUT2D eigenvalue weighted by Gasteiger charge is -2.17. The Hall–Kier alpha value is -1.81. The van der Waals surface area contributed by atoms with Gasteiger partial charge in [-0.15, -0.1) is 0 Å². The Bertz CT molecular complexity index is 598. The largest absolute Gasteiger partial charge is 0.319 e. The van der Waals surface area contributed by atoms with Gasteiger partial charge in [0.1, 0.15) is 5.82 Å². The Kier molecular flexibility index (Phi) is 5.39. The van der Waals surface area contributed by atoms with E-state index in [1.54, 1.807) is 31.3 Å². The Balaban J connectivity index is 2.16. The van der Waals surface area contributed by atoms with Crippen LogP contribution in [0.25, 0.3) is 0 Å². The van der Waals surface area contributed by atoms with Gasteiger partial charge in [-0.3, -0.25) is 0 Å². The van der Waals surface area contributed by atoms with E-state index in [9.17, 15) is 13.2 Å². The predicted octanol–water partition coefficient (Wildman–Crippen LogP) is 3.72. The van der Waals surface area contributed by atoms with Crippen LogP contribution in [0.4, 0.5) is 13.2 Å². The average Bonchev–Trinajstić information content (AvgIpc) is 2.46. The van der Waals surface area contributed by atoms with Gasteiger partial charge < -0.3 is 5.32 Å². The molecule has 1 unspecified atom stereocenters. The van der Waals surface area contributed by atoms with Gasteiger partial charge in [-0.25, -0.2) is 13.2 Å². The van der Waals surface area contributed by atoms with E-state index in [0.717, 1.165) is 6.07 Å². The maximum absolute atomic E-state index is 13.8. The van der Waals surface area contributed by atoms with Gasteiger partial charge in [-0.1, -0.05) is 30.3 Å². The van der Waals surface area contributed by atoms with E-state index in [-0.39, 0.29) is 11.7 Å². The fourth-order valence-electron chi connectivity index (χ4n) is 2.50. The summed E-state index contributed by atoms with van der Waals surface area (Å²) >= 11 is 0. The highest BCUT2D eigenvalue weighted by Gasteiger charge is 2.16. The van der Waals surface area contributed by atoms with E-state index in [4.69, 9.17) is 0 Å². The van der Waals surface area contributed by atoms with Crippen LogP contribution in [0, 0.1) is 23.4 Å². The van der Waals surface area contributed by atoms with E-state index in [2.05, 4.69) is 5.32 Å². The van der Waals surface area contributed by atoms with E-state index in [0.29, 0.717) is 30.5 Å². The summed E-state index contributed by atoms with van der Waals surface area (Å²) in [4.78, 5) is 0. The Morgan fingerprint density at radius 1 is 0.857 bits per heavy atom. The molecule has 1 atom stereocenters. The molecular weight excluding hydrogens is 275 g/mol. The first-order chi connectivity index (χ1) is 10.1. The van der Waals surface area contributed by atoms with Gasteiger partial charge in [0.05, 0.1) is 0 Å². The predicted molar refractivity (Wildman–Crippen MR) is 77.6 cm³/mol. The van der Waals surface area contributed by atoms with Crippen molar-refractivity contribution in [1.29, 1.82) is 0 Å². The van der Waals surface area contributed by atoms with Gasteiger partial charge in [0, 0.05) is 0 Å². The molecule has 0 radical (unpaired) electrons. The summed E-state index contributed by atoms with van der Waals surface area (Å²) in [6, 6.07) is 10.7. The summed E-state index contributed by atoms with van der Waals surface area (Å²) in [7, 11) is 1.79. The first-order valence-electron chi connectivity index (χ1n) is 6.92. The second kappa shape index (κ2) is 7.27. The molecule has 0 bridgehead atoms. The van der Waals surface area contributed by atoms with Crippen molar-refractivity contribution >= 4 is 0 Å². The molecule has 1 nitrogen and oxygen atoms in total. The molecular formula is C17H18F3N. The Labute approximate surface area is 122 Å². The quantitative estimate of drug-likeness (QED) is 0.856. The lowest BCUT2D eigenvalue weighted by atomic mass is 9.92. The van der Waals surface area contributed by atoms with Crippen LogP contribution < -0.4 is 5.32 Å². The van der Waals surface area contributed by atoms with Crippen LogP contribution in [-0.4, -0.2) is 13.6 Å².